The summed E-state index contributed by atoms with van der Waals surface area (Å²) in [5, 5.41) is 7.65. The number of aromatic nitrogens is 2. The molecule has 1 aromatic heterocycles. The molecular weight excluding hydrogens is 404 g/mol. The van der Waals surface area contributed by atoms with E-state index in [4.69, 9.17) is 0 Å². The third-order valence-electron chi connectivity index (χ3n) is 5.92. The number of carbonyl (C=O) groups is 1. The second-order valence-corrected chi connectivity index (χ2v) is 9.26. The van der Waals surface area contributed by atoms with Gasteiger partial charge in [-0.15, -0.1) is 0 Å². The highest BCUT2D eigenvalue weighted by Gasteiger charge is 2.19. The number of amides is 1. The van der Waals surface area contributed by atoms with Crippen molar-refractivity contribution in [2.75, 3.05) is 29.9 Å². The molecule has 1 saturated heterocycles. The molecule has 1 aliphatic rings. The van der Waals surface area contributed by atoms with Gasteiger partial charge in [0.25, 0.3) is 5.91 Å². The molecule has 0 unspecified atom stereocenters. The number of nitrogens with one attached hydrogen (secondary N) is 1. The van der Waals surface area contributed by atoms with Gasteiger partial charge in [-0.25, -0.2) is 4.68 Å². The van der Waals surface area contributed by atoms with E-state index in [1.807, 2.05) is 40.7 Å². The van der Waals surface area contributed by atoms with Crippen LogP contribution in [0.5, 0.6) is 0 Å². The van der Waals surface area contributed by atoms with Gasteiger partial charge in [-0.3, -0.25) is 9.69 Å². The van der Waals surface area contributed by atoms with Crippen molar-refractivity contribution in [1.29, 1.82) is 0 Å². The molecule has 1 N–H and O–H groups in total. The van der Waals surface area contributed by atoms with Crippen molar-refractivity contribution in [3.8, 4) is 5.69 Å². The van der Waals surface area contributed by atoms with E-state index in [0.29, 0.717) is 5.56 Å². The van der Waals surface area contributed by atoms with Crippen molar-refractivity contribution in [3.05, 3.63) is 76.6 Å². The van der Waals surface area contributed by atoms with E-state index in [-0.39, 0.29) is 5.91 Å². The lowest BCUT2D eigenvalue weighted by atomic mass is 10.1. The summed E-state index contributed by atoms with van der Waals surface area (Å²) in [7, 11) is 0. The predicted octanol–water partition coefficient (Wildman–Crippen LogP) is 4.85. The Morgan fingerprint density at radius 3 is 2.55 bits per heavy atom. The highest BCUT2D eigenvalue weighted by molar-refractivity contribution is 7.99. The molecule has 1 aliphatic heterocycles. The normalized spacial score (nSPS) is 14.5. The van der Waals surface area contributed by atoms with Gasteiger partial charge in [-0.2, -0.15) is 16.9 Å². The molecule has 2 aromatic carbocycles. The number of hydrogen-bond acceptors (Lipinski definition) is 4. The fraction of sp³-hybridized carbons (Fsp3) is 0.360. The fourth-order valence-corrected chi connectivity index (χ4v) is 4.97. The molecule has 0 aliphatic carbocycles. The lowest BCUT2D eigenvalue weighted by Gasteiger charge is -2.27. The van der Waals surface area contributed by atoms with E-state index in [1.165, 1.54) is 22.6 Å². The lowest BCUT2D eigenvalue weighted by molar-refractivity contribution is 0.102. The molecule has 0 spiro atoms. The van der Waals surface area contributed by atoms with Crippen LogP contribution in [-0.4, -0.2) is 45.2 Å². The Morgan fingerprint density at radius 2 is 1.84 bits per heavy atom. The van der Waals surface area contributed by atoms with Gasteiger partial charge in [0.2, 0.25) is 0 Å². The number of benzene rings is 2. The molecule has 0 radical (unpaired) electrons. The third-order valence-corrected chi connectivity index (χ3v) is 6.86. The number of rotatable bonds is 6. The first-order valence-electron chi connectivity index (χ1n) is 10.9. The van der Waals surface area contributed by atoms with Crippen LogP contribution in [0.3, 0.4) is 0 Å². The minimum atomic E-state index is -0.107. The second-order valence-electron chi connectivity index (χ2n) is 8.04. The maximum atomic E-state index is 13.2. The van der Waals surface area contributed by atoms with Crippen LogP contribution in [-0.2, 0) is 13.0 Å². The zero-order valence-electron chi connectivity index (χ0n) is 18.5. The summed E-state index contributed by atoms with van der Waals surface area (Å²) in [5.74, 6) is 2.28. The summed E-state index contributed by atoms with van der Waals surface area (Å²) in [4.78, 5) is 15.7. The third kappa shape index (κ3) is 4.86. The van der Waals surface area contributed by atoms with Gasteiger partial charge in [-0.05, 0) is 49.6 Å². The van der Waals surface area contributed by atoms with E-state index in [9.17, 15) is 4.79 Å². The summed E-state index contributed by atoms with van der Waals surface area (Å²) in [6, 6.07) is 14.4. The molecule has 1 amide bonds. The molecule has 3 aromatic rings. The molecule has 162 valence electrons. The molecule has 6 heteroatoms. The maximum Gasteiger partial charge on any atom is 0.259 e. The topological polar surface area (TPSA) is 50.2 Å². The van der Waals surface area contributed by atoms with Crippen molar-refractivity contribution in [3.63, 3.8) is 0 Å². The van der Waals surface area contributed by atoms with Crippen molar-refractivity contribution in [1.82, 2.24) is 14.7 Å². The molecule has 31 heavy (non-hydrogen) atoms. The van der Waals surface area contributed by atoms with Crippen LogP contribution in [0.1, 0.15) is 39.7 Å². The standard InChI is InChI=1S/C25H30N4OS/c1-4-24-22(16-26-29(24)21-10-8-18(2)9-11-21)25(30)27-23-7-5-6-20(19(23)3)17-28-12-14-31-15-13-28/h5-11,16H,4,12-15,17H2,1-3H3,(H,27,30). The number of carbonyl (C=O) groups excluding carboxylic acids is 1. The van der Waals surface area contributed by atoms with Crippen molar-refractivity contribution >= 4 is 23.4 Å². The first-order valence-corrected chi connectivity index (χ1v) is 12.1. The number of thioether (sulfide) groups is 1. The summed E-state index contributed by atoms with van der Waals surface area (Å²) in [6.45, 7) is 9.40. The van der Waals surface area contributed by atoms with Crippen LogP contribution in [0.15, 0.2) is 48.7 Å². The van der Waals surface area contributed by atoms with Crippen molar-refractivity contribution in [2.24, 2.45) is 0 Å². The molecule has 0 saturated carbocycles. The van der Waals surface area contributed by atoms with Crippen molar-refractivity contribution < 1.29 is 4.79 Å². The molecular formula is C25H30N4OS. The van der Waals surface area contributed by atoms with Gasteiger partial charge >= 0.3 is 0 Å². The Labute approximate surface area is 188 Å². The highest BCUT2D eigenvalue weighted by atomic mass is 32.2. The number of aryl methyl sites for hydroxylation is 1. The van der Waals surface area contributed by atoms with E-state index in [0.717, 1.165) is 48.7 Å². The minimum Gasteiger partial charge on any atom is -0.322 e. The predicted molar refractivity (Wildman–Crippen MR) is 129 cm³/mol. The second kappa shape index (κ2) is 9.71. The molecule has 1 fully saturated rings. The monoisotopic (exact) mass is 434 g/mol. The lowest BCUT2D eigenvalue weighted by Crippen LogP contribution is -2.32. The minimum absolute atomic E-state index is 0.107. The smallest absolute Gasteiger partial charge is 0.259 e. The Bertz CT molecular complexity index is 1050. The van der Waals surface area contributed by atoms with Crippen LogP contribution >= 0.6 is 11.8 Å². The van der Waals surface area contributed by atoms with E-state index < -0.39 is 0 Å². The van der Waals surface area contributed by atoms with Crippen LogP contribution in [0.4, 0.5) is 5.69 Å². The van der Waals surface area contributed by atoms with Crippen LogP contribution < -0.4 is 5.32 Å². The zero-order chi connectivity index (χ0) is 21.8. The summed E-state index contributed by atoms with van der Waals surface area (Å²) >= 11 is 2.02. The van der Waals surface area contributed by atoms with Crippen LogP contribution in [0, 0.1) is 13.8 Å². The van der Waals surface area contributed by atoms with Gasteiger partial charge in [0, 0.05) is 36.8 Å². The largest absolute Gasteiger partial charge is 0.322 e. The Kier molecular flexibility index (Phi) is 6.78. The Morgan fingerprint density at radius 1 is 1.10 bits per heavy atom. The van der Waals surface area contributed by atoms with E-state index in [1.54, 1.807) is 6.20 Å². The average Bonchev–Trinajstić information content (AvgIpc) is 3.22. The van der Waals surface area contributed by atoms with Gasteiger partial charge in [0.1, 0.15) is 0 Å². The quantitative estimate of drug-likeness (QED) is 0.602. The SMILES string of the molecule is CCc1c(C(=O)Nc2cccc(CN3CCSCC3)c2C)cnn1-c1ccc(C)cc1. The highest BCUT2D eigenvalue weighted by Crippen LogP contribution is 2.24. The van der Waals surface area contributed by atoms with E-state index in [2.05, 4.69) is 54.3 Å². The first-order chi connectivity index (χ1) is 15.1. The van der Waals surface area contributed by atoms with Gasteiger partial charge in [0.15, 0.2) is 0 Å². The Hall–Kier alpha value is -2.57. The maximum absolute atomic E-state index is 13.2. The van der Waals surface area contributed by atoms with Crippen LogP contribution in [0.2, 0.25) is 0 Å². The summed E-state index contributed by atoms with van der Waals surface area (Å²) in [5.41, 5.74) is 7.00. The molecule has 0 atom stereocenters. The van der Waals surface area contributed by atoms with Gasteiger partial charge in [-0.1, -0.05) is 36.8 Å². The van der Waals surface area contributed by atoms with Gasteiger partial charge in [0.05, 0.1) is 23.1 Å². The summed E-state index contributed by atoms with van der Waals surface area (Å²) < 4.78 is 1.87. The molecule has 4 rings (SSSR count). The van der Waals surface area contributed by atoms with Gasteiger partial charge < -0.3 is 5.32 Å². The van der Waals surface area contributed by atoms with Crippen molar-refractivity contribution in [2.45, 2.75) is 33.7 Å². The average molecular weight is 435 g/mol. The van der Waals surface area contributed by atoms with Crippen LogP contribution in [0.25, 0.3) is 5.69 Å². The fourth-order valence-electron chi connectivity index (χ4n) is 3.99. The zero-order valence-corrected chi connectivity index (χ0v) is 19.3. The Balaban J connectivity index is 1.54. The molecule has 5 nitrogen and oxygen atoms in total. The first kappa shape index (κ1) is 21.7. The number of nitrogens with zero attached hydrogens (tertiary/aromatic N) is 3. The van der Waals surface area contributed by atoms with E-state index >= 15 is 0 Å². The number of anilines is 1. The summed E-state index contributed by atoms with van der Waals surface area (Å²) in [6.07, 6.45) is 2.40. The molecule has 2 heterocycles. The molecule has 0 bridgehead atoms. The number of hydrogen-bond donors (Lipinski definition) is 1.